The molecule has 2 heterocycles. The quantitative estimate of drug-likeness (QED) is 0.374. The first kappa shape index (κ1) is 19.7. The van der Waals surface area contributed by atoms with Crippen molar-refractivity contribution in [1.29, 1.82) is 0 Å². The number of aromatic nitrogens is 2. The normalized spacial score (nSPS) is 16.9. The number of aryl methyl sites for hydroxylation is 2. The molecule has 1 aromatic rings. The van der Waals surface area contributed by atoms with Crippen LogP contribution in [0.25, 0.3) is 0 Å². The molecule has 0 saturated carbocycles. The number of ether oxygens (including phenoxy) is 1. The molecule has 2 rings (SSSR count). The second kappa shape index (κ2) is 9.77. The van der Waals surface area contributed by atoms with Crippen LogP contribution in [-0.4, -0.2) is 72.5 Å². The number of nitrogens with zero attached hydrogens (tertiary/aromatic N) is 3. The van der Waals surface area contributed by atoms with Crippen LogP contribution < -0.4 is 10.6 Å². The maximum absolute atomic E-state index is 5.45. The van der Waals surface area contributed by atoms with E-state index in [4.69, 9.17) is 9.73 Å². The minimum atomic E-state index is 0.0417. The van der Waals surface area contributed by atoms with Gasteiger partial charge in [-0.15, -0.1) is 0 Å². The van der Waals surface area contributed by atoms with Gasteiger partial charge in [-0.1, -0.05) is 0 Å². The maximum atomic E-state index is 5.45. The summed E-state index contributed by atoms with van der Waals surface area (Å²) in [6.45, 7) is 14.8. The number of rotatable bonds is 8. The number of H-pyrrole nitrogens is 1. The van der Waals surface area contributed by atoms with Crippen LogP contribution in [0.15, 0.2) is 11.2 Å². The molecule has 1 saturated heterocycles. The van der Waals surface area contributed by atoms with Crippen molar-refractivity contribution in [3.8, 4) is 0 Å². The minimum absolute atomic E-state index is 0.0417. The molecule has 0 aliphatic carbocycles. The Kier molecular flexibility index (Phi) is 7.71. The van der Waals surface area contributed by atoms with Crippen molar-refractivity contribution >= 4 is 5.96 Å². The summed E-state index contributed by atoms with van der Waals surface area (Å²) in [5.41, 5.74) is 2.49. The van der Waals surface area contributed by atoms with Crippen molar-refractivity contribution < 1.29 is 4.74 Å². The molecule has 0 spiro atoms. The molecule has 0 amide bonds. The summed E-state index contributed by atoms with van der Waals surface area (Å²) in [7, 11) is 0. The fourth-order valence-corrected chi connectivity index (χ4v) is 3.00. The molecule has 0 radical (unpaired) electrons. The van der Waals surface area contributed by atoms with E-state index in [0.717, 1.165) is 70.4 Å². The Labute approximate surface area is 151 Å². The third kappa shape index (κ3) is 6.32. The van der Waals surface area contributed by atoms with Gasteiger partial charge in [-0.3, -0.25) is 15.0 Å². The van der Waals surface area contributed by atoms with Crippen molar-refractivity contribution in [3.63, 3.8) is 0 Å². The lowest BCUT2D eigenvalue weighted by Gasteiger charge is -2.39. The van der Waals surface area contributed by atoms with E-state index in [1.54, 1.807) is 0 Å². The first-order valence-electron chi connectivity index (χ1n) is 9.37. The molecule has 25 heavy (non-hydrogen) atoms. The number of nitrogens with one attached hydrogen (secondary N) is 3. The molecular formula is C18H34N6O. The number of morpholine rings is 1. The average molecular weight is 351 g/mol. The summed E-state index contributed by atoms with van der Waals surface area (Å²) in [5, 5.41) is 13.8. The topological polar surface area (TPSA) is 77.6 Å². The van der Waals surface area contributed by atoms with E-state index in [2.05, 4.69) is 53.4 Å². The predicted octanol–water partition coefficient (Wildman–Crippen LogP) is 1.32. The lowest BCUT2D eigenvalue weighted by atomic mass is 10.0. The second-order valence-corrected chi connectivity index (χ2v) is 7.16. The van der Waals surface area contributed by atoms with Gasteiger partial charge in [0.15, 0.2) is 5.96 Å². The van der Waals surface area contributed by atoms with Crippen LogP contribution in [0.4, 0.5) is 0 Å². The van der Waals surface area contributed by atoms with E-state index in [1.165, 1.54) is 5.56 Å². The Hall–Kier alpha value is -1.60. The Balaban J connectivity index is 1.79. The van der Waals surface area contributed by atoms with Crippen LogP contribution in [0.5, 0.6) is 0 Å². The molecular weight excluding hydrogens is 316 g/mol. The lowest BCUT2D eigenvalue weighted by Crippen LogP contribution is -2.52. The van der Waals surface area contributed by atoms with Gasteiger partial charge in [0, 0.05) is 37.4 Å². The molecule has 0 unspecified atom stereocenters. The summed E-state index contributed by atoms with van der Waals surface area (Å²) < 4.78 is 5.45. The predicted molar refractivity (Wildman–Crippen MR) is 102 cm³/mol. The third-order valence-corrected chi connectivity index (χ3v) is 4.69. The van der Waals surface area contributed by atoms with E-state index in [-0.39, 0.29) is 5.54 Å². The summed E-state index contributed by atoms with van der Waals surface area (Å²) >= 11 is 0. The van der Waals surface area contributed by atoms with Crippen LogP contribution in [-0.2, 0) is 11.2 Å². The van der Waals surface area contributed by atoms with Gasteiger partial charge >= 0.3 is 0 Å². The second-order valence-electron chi connectivity index (χ2n) is 7.16. The molecule has 3 N–H and O–H groups in total. The Morgan fingerprint density at radius 2 is 2.12 bits per heavy atom. The van der Waals surface area contributed by atoms with Crippen LogP contribution >= 0.6 is 0 Å². The van der Waals surface area contributed by atoms with Crippen molar-refractivity contribution in [2.75, 3.05) is 45.9 Å². The zero-order chi connectivity index (χ0) is 18.1. The number of hydrogen-bond acceptors (Lipinski definition) is 4. The summed E-state index contributed by atoms with van der Waals surface area (Å²) in [6.07, 6.45) is 3.99. The highest BCUT2D eigenvalue weighted by Gasteiger charge is 2.28. The van der Waals surface area contributed by atoms with Crippen molar-refractivity contribution in [1.82, 2.24) is 25.7 Å². The van der Waals surface area contributed by atoms with Gasteiger partial charge in [-0.2, -0.15) is 5.10 Å². The molecule has 7 nitrogen and oxygen atoms in total. The number of hydrogen-bond donors (Lipinski definition) is 3. The molecule has 1 aliphatic rings. The Morgan fingerprint density at radius 1 is 1.36 bits per heavy atom. The molecule has 0 bridgehead atoms. The van der Waals surface area contributed by atoms with Crippen LogP contribution in [0.3, 0.4) is 0 Å². The average Bonchev–Trinajstić information content (AvgIpc) is 3.02. The maximum Gasteiger partial charge on any atom is 0.191 e. The van der Waals surface area contributed by atoms with Gasteiger partial charge in [-0.05, 0) is 46.1 Å². The summed E-state index contributed by atoms with van der Waals surface area (Å²) in [6, 6.07) is 0. The first-order chi connectivity index (χ1) is 12.0. The number of aliphatic imine (C=N–C) groups is 1. The first-order valence-corrected chi connectivity index (χ1v) is 9.37. The highest BCUT2D eigenvalue weighted by molar-refractivity contribution is 5.79. The van der Waals surface area contributed by atoms with Gasteiger partial charge in [0.1, 0.15) is 0 Å². The van der Waals surface area contributed by atoms with Crippen LogP contribution in [0.2, 0.25) is 0 Å². The Bertz CT molecular complexity index is 533. The fraction of sp³-hybridized carbons (Fsp3) is 0.778. The van der Waals surface area contributed by atoms with E-state index >= 15 is 0 Å². The molecule has 1 fully saturated rings. The number of guanidine groups is 1. The molecule has 1 aromatic heterocycles. The Morgan fingerprint density at radius 3 is 2.76 bits per heavy atom. The van der Waals surface area contributed by atoms with E-state index in [0.29, 0.717) is 0 Å². The monoisotopic (exact) mass is 350 g/mol. The largest absolute Gasteiger partial charge is 0.379 e. The van der Waals surface area contributed by atoms with Gasteiger partial charge in [-0.25, -0.2) is 0 Å². The summed E-state index contributed by atoms with van der Waals surface area (Å²) in [5.74, 6) is 0.896. The zero-order valence-electron chi connectivity index (χ0n) is 16.2. The molecule has 142 valence electrons. The SMILES string of the molecule is CCNC(=NCC(C)(C)N1CCOCC1)NCCCc1cn[nH]c1C. The van der Waals surface area contributed by atoms with Gasteiger partial charge < -0.3 is 15.4 Å². The molecule has 0 aromatic carbocycles. The van der Waals surface area contributed by atoms with Crippen LogP contribution in [0, 0.1) is 6.92 Å². The fourth-order valence-electron chi connectivity index (χ4n) is 3.00. The lowest BCUT2D eigenvalue weighted by molar-refractivity contribution is -0.00683. The highest BCUT2D eigenvalue weighted by atomic mass is 16.5. The third-order valence-electron chi connectivity index (χ3n) is 4.69. The smallest absolute Gasteiger partial charge is 0.191 e. The van der Waals surface area contributed by atoms with E-state index in [9.17, 15) is 0 Å². The molecule has 7 heteroatoms. The van der Waals surface area contributed by atoms with Crippen molar-refractivity contribution in [3.05, 3.63) is 17.5 Å². The molecule has 1 aliphatic heterocycles. The highest BCUT2D eigenvalue weighted by Crippen LogP contribution is 2.16. The van der Waals surface area contributed by atoms with Gasteiger partial charge in [0.25, 0.3) is 0 Å². The standard InChI is InChI=1S/C18H34N6O/c1-5-19-17(20-8-6-7-16-13-22-23-15(16)2)21-14-18(3,4)24-9-11-25-12-10-24/h13H,5-12,14H2,1-4H3,(H,22,23)(H2,19,20,21). The molecule has 0 atom stereocenters. The van der Waals surface area contributed by atoms with Gasteiger partial charge in [0.05, 0.1) is 26.0 Å². The van der Waals surface area contributed by atoms with E-state index < -0.39 is 0 Å². The van der Waals surface area contributed by atoms with E-state index in [1.807, 2.05) is 6.20 Å². The minimum Gasteiger partial charge on any atom is -0.379 e. The number of aromatic amines is 1. The van der Waals surface area contributed by atoms with Crippen molar-refractivity contribution in [2.24, 2.45) is 4.99 Å². The zero-order valence-corrected chi connectivity index (χ0v) is 16.2. The summed E-state index contributed by atoms with van der Waals surface area (Å²) in [4.78, 5) is 7.27. The van der Waals surface area contributed by atoms with Crippen molar-refractivity contribution in [2.45, 2.75) is 46.1 Å². The van der Waals surface area contributed by atoms with Crippen LogP contribution in [0.1, 0.15) is 38.4 Å². The van der Waals surface area contributed by atoms with Gasteiger partial charge in [0.2, 0.25) is 0 Å².